The number of hydrogen-bond acceptors (Lipinski definition) is 3. The van der Waals surface area contributed by atoms with Gasteiger partial charge in [0.05, 0.1) is 5.54 Å². The number of amides is 1. The largest absolute Gasteiger partial charge is 0.573 e. The van der Waals surface area contributed by atoms with Crippen molar-refractivity contribution in [2.75, 3.05) is 12.4 Å². The molecule has 1 aromatic carbocycles. The second kappa shape index (κ2) is 5.48. The summed E-state index contributed by atoms with van der Waals surface area (Å²) in [6, 6.07) is 4.94. The Morgan fingerprint density at radius 1 is 1.16 bits per heavy atom. The zero-order valence-corrected chi connectivity index (χ0v) is 10.8. The second-order valence-corrected chi connectivity index (χ2v) is 4.40. The van der Waals surface area contributed by atoms with E-state index >= 15 is 0 Å². The zero-order valence-electron chi connectivity index (χ0n) is 10.8. The molecular weight excluding hydrogens is 261 g/mol. The van der Waals surface area contributed by atoms with Crippen LogP contribution >= 0.6 is 0 Å². The van der Waals surface area contributed by atoms with Crippen LogP contribution in [0.2, 0.25) is 0 Å². The number of hydrogen-bond donors (Lipinski definition) is 2. The van der Waals surface area contributed by atoms with E-state index in [0.717, 1.165) is 12.1 Å². The third kappa shape index (κ3) is 4.78. The van der Waals surface area contributed by atoms with Gasteiger partial charge in [-0.3, -0.25) is 4.79 Å². The number of halogens is 3. The molecule has 0 unspecified atom stereocenters. The highest BCUT2D eigenvalue weighted by molar-refractivity contribution is 5.97. The highest BCUT2D eigenvalue weighted by Crippen LogP contribution is 2.24. The molecule has 0 heterocycles. The van der Waals surface area contributed by atoms with Crippen molar-refractivity contribution in [3.05, 3.63) is 24.3 Å². The third-order valence-corrected chi connectivity index (χ3v) is 2.54. The van der Waals surface area contributed by atoms with E-state index < -0.39 is 11.9 Å². The van der Waals surface area contributed by atoms with Crippen LogP contribution in [0.15, 0.2) is 24.3 Å². The average molecular weight is 276 g/mol. The Labute approximate surface area is 108 Å². The number of ether oxygens (including phenoxy) is 1. The Kier molecular flexibility index (Phi) is 4.41. The van der Waals surface area contributed by atoms with E-state index in [1.54, 1.807) is 20.9 Å². The van der Waals surface area contributed by atoms with E-state index in [4.69, 9.17) is 0 Å². The highest BCUT2D eigenvalue weighted by atomic mass is 19.4. The molecule has 0 aliphatic heterocycles. The monoisotopic (exact) mass is 276 g/mol. The molecular formula is C12H15F3N2O2. The maximum atomic E-state index is 12.0. The highest BCUT2D eigenvalue weighted by Gasteiger charge is 2.31. The SMILES string of the molecule is CNC(C)(C)C(=O)Nc1ccc(OC(F)(F)F)cc1. The van der Waals surface area contributed by atoms with E-state index in [0.29, 0.717) is 5.69 Å². The summed E-state index contributed by atoms with van der Waals surface area (Å²) in [6.07, 6.45) is -4.72. The van der Waals surface area contributed by atoms with Crippen LogP contribution in [0.5, 0.6) is 5.75 Å². The van der Waals surface area contributed by atoms with Crippen LogP contribution in [-0.2, 0) is 4.79 Å². The smallest absolute Gasteiger partial charge is 0.406 e. The Morgan fingerprint density at radius 3 is 2.11 bits per heavy atom. The maximum Gasteiger partial charge on any atom is 0.573 e. The fourth-order valence-corrected chi connectivity index (χ4v) is 1.14. The summed E-state index contributed by atoms with van der Waals surface area (Å²) >= 11 is 0. The van der Waals surface area contributed by atoms with Gasteiger partial charge in [-0.25, -0.2) is 0 Å². The van der Waals surface area contributed by atoms with E-state index in [2.05, 4.69) is 15.4 Å². The van der Waals surface area contributed by atoms with Crippen molar-refractivity contribution in [2.24, 2.45) is 0 Å². The van der Waals surface area contributed by atoms with E-state index in [9.17, 15) is 18.0 Å². The lowest BCUT2D eigenvalue weighted by Crippen LogP contribution is -2.47. The summed E-state index contributed by atoms with van der Waals surface area (Å²) < 4.78 is 39.6. The summed E-state index contributed by atoms with van der Waals surface area (Å²) in [5.41, 5.74) is -0.385. The minimum Gasteiger partial charge on any atom is -0.406 e. The van der Waals surface area contributed by atoms with Gasteiger partial charge in [-0.15, -0.1) is 13.2 Å². The van der Waals surface area contributed by atoms with Gasteiger partial charge in [-0.1, -0.05) is 0 Å². The van der Waals surface area contributed by atoms with Gasteiger partial charge < -0.3 is 15.4 Å². The topological polar surface area (TPSA) is 50.4 Å². The quantitative estimate of drug-likeness (QED) is 0.888. The van der Waals surface area contributed by atoms with Crippen molar-refractivity contribution in [1.29, 1.82) is 0 Å². The molecule has 0 aliphatic rings. The van der Waals surface area contributed by atoms with Crippen molar-refractivity contribution < 1.29 is 22.7 Å². The van der Waals surface area contributed by atoms with Crippen LogP contribution in [-0.4, -0.2) is 24.9 Å². The molecule has 2 N–H and O–H groups in total. The molecule has 1 amide bonds. The van der Waals surface area contributed by atoms with Gasteiger partial charge in [0.15, 0.2) is 0 Å². The Balaban J connectivity index is 2.70. The molecule has 106 valence electrons. The third-order valence-electron chi connectivity index (χ3n) is 2.54. The predicted molar refractivity (Wildman–Crippen MR) is 64.9 cm³/mol. The van der Waals surface area contributed by atoms with Crippen molar-refractivity contribution in [3.8, 4) is 5.75 Å². The van der Waals surface area contributed by atoms with E-state index in [1.165, 1.54) is 12.1 Å². The molecule has 0 spiro atoms. The lowest BCUT2D eigenvalue weighted by atomic mass is 10.1. The first-order chi connectivity index (χ1) is 8.64. The van der Waals surface area contributed by atoms with Crippen LogP contribution in [0.4, 0.5) is 18.9 Å². The number of likely N-dealkylation sites (N-methyl/N-ethyl adjacent to an activating group) is 1. The zero-order chi connectivity index (χ0) is 14.7. The maximum absolute atomic E-state index is 12.0. The van der Waals surface area contributed by atoms with Crippen LogP contribution in [0.25, 0.3) is 0 Å². The van der Waals surface area contributed by atoms with Gasteiger partial charge in [0.1, 0.15) is 5.75 Å². The van der Waals surface area contributed by atoms with Gasteiger partial charge in [-0.05, 0) is 45.2 Å². The van der Waals surface area contributed by atoms with Crippen molar-refractivity contribution in [2.45, 2.75) is 25.7 Å². The van der Waals surface area contributed by atoms with Gasteiger partial charge in [-0.2, -0.15) is 0 Å². The molecule has 0 aromatic heterocycles. The first-order valence-corrected chi connectivity index (χ1v) is 5.50. The van der Waals surface area contributed by atoms with Gasteiger partial charge >= 0.3 is 6.36 Å². The molecule has 0 radical (unpaired) electrons. The van der Waals surface area contributed by atoms with Crippen LogP contribution in [0.1, 0.15) is 13.8 Å². The lowest BCUT2D eigenvalue weighted by molar-refractivity contribution is -0.274. The predicted octanol–water partition coefficient (Wildman–Crippen LogP) is 2.52. The molecule has 0 aliphatic carbocycles. The van der Waals surface area contributed by atoms with E-state index in [-0.39, 0.29) is 11.7 Å². The minimum atomic E-state index is -4.72. The molecule has 0 bridgehead atoms. The molecule has 1 aromatic rings. The number of alkyl halides is 3. The molecule has 4 nitrogen and oxygen atoms in total. The number of nitrogens with one attached hydrogen (secondary N) is 2. The Morgan fingerprint density at radius 2 is 1.68 bits per heavy atom. The summed E-state index contributed by atoms with van der Waals surface area (Å²) in [6.45, 7) is 3.37. The molecule has 19 heavy (non-hydrogen) atoms. The fraction of sp³-hybridized carbons (Fsp3) is 0.417. The number of anilines is 1. The molecule has 0 saturated heterocycles. The Hall–Kier alpha value is -1.76. The van der Waals surface area contributed by atoms with Crippen molar-refractivity contribution in [3.63, 3.8) is 0 Å². The Bertz CT molecular complexity index is 441. The summed E-state index contributed by atoms with van der Waals surface area (Å²) in [7, 11) is 1.64. The average Bonchev–Trinajstić information content (AvgIpc) is 2.29. The second-order valence-electron chi connectivity index (χ2n) is 4.40. The summed E-state index contributed by atoms with van der Waals surface area (Å²) in [4.78, 5) is 11.8. The van der Waals surface area contributed by atoms with Crippen LogP contribution < -0.4 is 15.4 Å². The van der Waals surface area contributed by atoms with Gasteiger partial charge in [0.2, 0.25) is 5.91 Å². The van der Waals surface area contributed by atoms with Gasteiger partial charge in [0, 0.05) is 5.69 Å². The van der Waals surface area contributed by atoms with Crippen molar-refractivity contribution >= 4 is 11.6 Å². The number of rotatable bonds is 4. The van der Waals surface area contributed by atoms with Crippen LogP contribution in [0.3, 0.4) is 0 Å². The molecule has 1 rings (SSSR count). The van der Waals surface area contributed by atoms with Gasteiger partial charge in [0.25, 0.3) is 0 Å². The number of carbonyl (C=O) groups excluding carboxylic acids is 1. The first kappa shape index (κ1) is 15.3. The molecule has 0 fully saturated rings. The summed E-state index contributed by atoms with van der Waals surface area (Å²) in [5, 5.41) is 5.40. The minimum absolute atomic E-state index is 0.292. The molecule has 0 saturated carbocycles. The van der Waals surface area contributed by atoms with Crippen LogP contribution in [0, 0.1) is 0 Å². The number of carbonyl (C=O) groups is 1. The van der Waals surface area contributed by atoms with E-state index in [1.807, 2.05) is 0 Å². The molecule has 7 heteroatoms. The molecule has 0 atom stereocenters. The van der Waals surface area contributed by atoms with Crippen molar-refractivity contribution in [1.82, 2.24) is 5.32 Å². The first-order valence-electron chi connectivity index (χ1n) is 5.50. The normalized spacial score (nSPS) is 12.1. The standard InChI is InChI=1S/C12H15F3N2O2/c1-11(2,16-3)10(18)17-8-4-6-9(7-5-8)19-12(13,14)15/h4-7,16H,1-3H3,(H,17,18). The fourth-order valence-electron chi connectivity index (χ4n) is 1.14. The lowest BCUT2D eigenvalue weighted by Gasteiger charge is -2.22. The summed E-state index contributed by atoms with van der Waals surface area (Å²) in [5.74, 6) is -0.627. The number of benzene rings is 1.